The second kappa shape index (κ2) is 10.7. The molecule has 2 aromatic carbocycles. The average molecular weight is 448 g/mol. The summed E-state index contributed by atoms with van der Waals surface area (Å²) in [7, 11) is 3.40. The van der Waals surface area contributed by atoms with Crippen molar-refractivity contribution in [3.05, 3.63) is 65.2 Å². The number of hydrogen-bond acceptors (Lipinski definition) is 4. The standard InChI is InChI=1S/C23H27F2N3O2S/c1-27(2)22(29)15-31-21-11-4-3-8-17(21)23(30)26-16-7-6-12-28(13-16)14-18-19(24)9-5-10-20(18)25/h3-5,8-11,16H,6-7,12-15H2,1-2H3,(H,26,30). The van der Waals surface area contributed by atoms with E-state index in [0.29, 0.717) is 12.1 Å². The van der Waals surface area contributed by atoms with E-state index in [1.165, 1.54) is 34.9 Å². The maximum Gasteiger partial charge on any atom is 0.252 e. The summed E-state index contributed by atoms with van der Waals surface area (Å²) in [4.78, 5) is 29.1. The molecule has 0 aromatic heterocycles. The highest BCUT2D eigenvalue weighted by atomic mass is 32.2. The SMILES string of the molecule is CN(C)C(=O)CSc1ccccc1C(=O)NC1CCCN(Cc2c(F)cccc2F)C1. The molecule has 1 N–H and O–H groups in total. The second-order valence-electron chi connectivity index (χ2n) is 7.82. The minimum absolute atomic E-state index is 0.0245. The van der Waals surface area contributed by atoms with Crippen molar-refractivity contribution in [2.75, 3.05) is 32.9 Å². The third kappa shape index (κ3) is 6.27. The number of halogens is 2. The van der Waals surface area contributed by atoms with Crippen LogP contribution in [-0.2, 0) is 11.3 Å². The summed E-state index contributed by atoms with van der Waals surface area (Å²) in [6.07, 6.45) is 1.63. The molecular formula is C23H27F2N3O2S. The van der Waals surface area contributed by atoms with Crippen LogP contribution in [0, 0.1) is 11.6 Å². The van der Waals surface area contributed by atoms with Gasteiger partial charge < -0.3 is 10.2 Å². The van der Waals surface area contributed by atoms with Crippen molar-refractivity contribution in [3.8, 4) is 0 Å². The molecule has 0 saturated carbocycles. The molecule has 1 atom stereocenters. The molecule has 1 aliphatic rings. The quantitative estimate of drug-likeness (QED) is 0.660. The highest BCUT2D eigenvalue weighted by Gasteiger charge is 2.24. The van der Waals surface area contributed by atoms with E-state index >= 15 is 0 Å². The molecule has 0 bridgehead atoms. The van der Waals surface area contributed by atoms with Gasteiger partial charge in [-0.25, -0.2) is 8.78 Å². The average Bonchev–Trinajstić information content (AvgIpc) is 2.75. The lowest BCUT2D eigenvalue weighted by Crippen LogP contribution is -2.47. The summed E-state index contributed by atoms with van der Waals surface area (Å²) in [5, 5.41) is 3.05. The van der Waals surface area contributed by atoms with Crippen LogP contribution in [0.4, 0.5) is 8.78 Å². The molecule has 0 aliphatic carbocycles. The monoisotopic (exact) mass is 447 g/mol. The van der Waals surface area contributed by atoms with E-state index in [-0.39, 0.29) is 35.7 Å². The molecule has 0 radical (unpaired) electrons. The summed E-state index contributed by atoms with van der Waals surface area (Å²) < 4.78 is 28.0. The number of rotatable bonds is 7. The Bertz CT molecular complexity index is 919. The van der Waals surface area contributed by atoms with Gasteiger partial charge in [0.1, 0.15) is 11.6 Å². The fourth-order valence-electron chi connectivity index (χ4n) is 3.54. The Hall–Kier alpha value is -2.45. The van der Waals surface area contributed by atoms with Gasteiger partial charge in [0, 0.05) is 43.7 Å². The molecule has 0 spiro atoms. The number of amides is 2. The van der Waals surface area contributed by atoms with Crippen LogP contribution in [0.3, 0.4) is 0 Å². The predicted octanol–water partition coefficient (Wildman–Crippen LogP) is 3.54. The molecule has 1 fully saturated rings. The van der Waals surface area contributed by atoms with Crippen LogP contribution >= 0.6 is 11.8 Å². The van der Waals surface area contributed by atoms with Gasteiger partial charge in [0.15, 0.2) is 0 Å². The Labute approximate surface area is 185 Å². The first-order valence-corrected chi connectivity index (χ1v) is 11.2. The first kappa shape index (κ1) is 23.2. The fourth-order valence-corrected chi connectivity index (χ4v) is 4.56. The molecule has 31 heavy (non-hydrogen) atoms. The minimum atomic E-state index is -0.551. The van der Waals surface area contributed by atoms with E-state index in [2.05, 4.69) is 5.32 Å². The van der Waals surface area contributed by atoms with Crippen LogP contribution < -0.4 is 5.32 Å². The lowest BCUT2D eigenvalue weighted by atomic mass is 10.0. The summed E-state index contributed by atoms with van der Waals surface area (Å²) in [6.45, 7) is 1.41. The van der Waals surface area contributed by atoms with Crippen molar-refractivity contribution in [2.24, 2.45) is 0 Å². The van der Waals surface area contributed by atoms with E-state index < -0.39 is 11.6 Å². The van der Waals surface area contributed by atoms with Gasteiger partial charge in [-0.3, -0.25) is 14.5 Å². The molecule has 5 nitrogen and oxygen atoms in total. The van der Waals surface area contributed by atoms with E-state index in [4.69, 9.17) is 0 Å². The molecular weight excluding hydrogens is 420 g/mol. The van der Waals surface area contributed by atoms with Crippen LogP contribution in [0.25, 0.3) is 0 Å². The van der Waals surface area contributed by atoms with Gasteiger partial charge in [0.2, 0.25) is 5.91 Å². The van der Waals surface area contributed by atoms with Gasteiger partial charge in [-0.2, -0.15) is 0 Å². The maximum absolute atomic E-state index is 14.0. The van der Waals surface area contributed by atoms with E-state index in [1.54, 1.807) is 26.2 Å². The number of hydrogen-bond donors (Lipinski definition) is 1. The first-order chi connectivity index (χ1) is 14.8. The van der Waals surface area contributed by atoms with Crippen molar-refractivity contribution in [1.82, 2.24) is 15.1 Å². The van der Waals surface area contributed by atoms with Crippen molar-refractivity contribution in [3.63, 3.8) is 0 Å². The molecule has 2 aromatic rings. The molecule has 1 unspecified atom stereocenters. The highest BCUT2D eigenvalue weighted by Crippen LogP contribution is 2.24. The van der Waals surface area contributed by atoms with Gasteiger partial charge in [-0.05, 0) is 43.7 Å². The summed E-state index contributed by atoms with van der Waals surface area (Å²) >= 11 is 1.33. The molecule has 1 aliphatic heterocycles. The summed E-state index contributed by atoms with van der Waals surface area (Å²) in [5.41, 5.74) is 0.582. The third-order valence-corrected chi connectivity index (χ3v) is 6.32. The van der Waals surface area contributed by atoms with Crippen LogP contribution in [-0.4, -0.2) is 60.6 Å². The molecule has 8 heteroatoms. The number of nitrogens with zero attached hydrogens (tertiary/aromatic N) is 2. The Morgan fingerprint density at radius 3 is 2.55 bits per heavy atom. The van der Waals surface area contributed by atoms with Gasteiger partial charge in [-0.1, -0.05) is 18.2 Å². The number of piperidine rings is 1. The van der Waals surface area contributed by atoms with Gasteiger partial charge in [0.25, 0.3) is 5.91 Å². The van der Waals surface area contributed by atoms with Crippen molar-refractivity contribution >= 4 is 23.6 Å². The number of nitrogens with one attached hydrogen (secondary N) is 1. The molecule has 3 rings (SSSR count). The normalized spacial score (nSPS) is 16.7. The Morgan fingerprint density at radius 1 is 1.13 bits per heavy atom. The minimum Gasteiger partial charge on any atom is -0.348 e. The fraction of sp³-hybridized carbons (Fsp3) is 0.391. The Balaban J connectivity index is 1.62. The topological polar surface area (TPSA) is 52.7 Å². The predicted molar refractivity (Wildman–Crippen MR) is 118 cm³/mol. The maximum atomic E-state index is 14.0. The lowest BCUT2D eigenvalue weighted by molar-refractivity contribution is -0.125. The van der Waals surface area contributed by atoms with E-state index in [1.807, 2.05) is 17.0 Å². The van der Waals surface area contributed by atoms with Gasteiger partial charge in [-0.15, -0.1) is 11.8 Å². The van der Waals surface area contributed by atoms with Crippen LogP contribution in [0.1, 0.15) is 28.8 Å². The first-order valence-electron chi connectivity index (χ1n) is 10.2. The number of carbonyl (C=O) groups is 2. The summed E-state index contributed by atoms with van der Waals surface area (Å²) in [5.74, 6) is -1.08. The number of carbonyl (C=O) groups excluding carboxylic acids is 2. The van der Waals surface area contributed by atoms with Crippen molar-refractivity contribution in [2.45, 2.75) is 30.3 Å². The smallest absolute Gasteiger partial charge is 0.252 e. The zero-order chi connectivity index (χ0) is 22.4. The molecule has 1 heterocycles. The largest absolute Gasteiger partial charge is 0.348 e. The van der Waals surface area contributed by atoms with E-state index in [0.717, 1.165) is 24.3 Å². The Kier molecular flexibility index (Phi) is 8.03. The van der Waals surface area contributed by atoms with Crippen LogP contribution in [0.2, 0.25) is 0 Å². The van der Waals surface area contributed by atoms with E-state index in [9.17, 15) is 18.4 Å². The Morgan fingerprint density at radius 2 is 1.84 bits per heavy atom. The number of benzene rings is 2. The van der Waals surface area contributed by atoms with Gasteiger partial charge >= 0.3 is 0 Å². The highest BCUT2D eigenvalue weighted by molar-refractivity contribution is 8.00. The van der Waals surface area contributed by atoms with Gasteiger partial charge in [0.05, 0.1) is 11.3 Å². The lowest BCUT2D eigenvalue weighted by Gasteiger charge is -2.33. The van der Waals surface area contributed by atoms with Crippen LogP contribution in [0.5, 0.6) is 0 Å². The molecule has 1 saturated heterocycles. The molecule has 2 amide bonds. The second-order valence-corrected chi connectivity index (χ2v) is 8.84. The number of likely N-dealkylation sites (tertiary alicyclic amines) is 1. The van der Waals surface area contributed by atoms with Crippen molar-refractivity contribution < 1.29 is 18.4 Å². The zero-order valence-electron chi connectivity index (χ0n) is 17.7. The summed E-state index contributed by atoms with van der Waals surface area (Å²) in [6, 6.07) is 11.0. The zero-order valence-corrected chi connectivity index (χ0v) is 18.6. The molecule has 166 valence electrons. The van der Waals surface area contributed by atoms with Crippen molar-refractivity contribution in [1.29, 1.82) is 0 Å². The number of thioether (sulfide) groups is 1. The van der Waals surface area contributed by atoms with Crippen LogP contribution in [0.15, 0.2) is 47.4 Å². The third-order valence-electron chi connectivity index (χ3n) is 5.27.